The van der Waals surface area contributed by atoms with Gasteiger partial charge in [-0.3, -0.25) is 0 Å². The number of halogens is 2. The predicted molar refractivity (Wildman–Crippen MR) is 158 cm³/mol. The molecule has 3 rings (SSSR count). The summed E-state index contributed by atoms with van der Waals surface area (Å²) in [5.74, 6) is -0.287. The lowest BCUT2D eigenvalue weighted by Gasteiger charge is -2.17. The van der Waals surface area contributed by atoms with Crippen LogP contribution in [-0.2, 0) is 26.1 Å². The molecule has 0 spiro atoms. The number of carbonyl (C=O) groups is 1. The first-order valence-electron chi connectivity index (χ1n) is 12.2. The molecule has 0 aliphatic heterocycles. The van der Waals surface area contributed by atoms with Crippen LogP contribution in [0.2, 0.25) is 10.0 Å². The van der Waals surface area contributed by atoms with Crippen LogP contribution in [0.3, 0.4) is 0 Å². The number of carboxylic acid groups (broad SMARTS) is 1. The molecule has 0 amide bonds. The topological polar surface area (TPSA) is 114 Å². The molecule has 3 aromatic rings. The minimum atomic E-state index is -3.82. The maximum Gasteiger partial charge on any atom is 0.326 e. The summed E-state index contributed by atoms with van der Waals surface area (Å²) in [4.78, 5) is 11.8. The van der Waals surface area contributed by atoms with Gasteiger partial charge in [0.1, 0.15) is 18.4 Å². The standard InChI is InChI=1S/C29H30Cl2N2O6S/c1-20(33-28(29(34)35)5-3-4-21-8-12-26(13-9-21)39-15-14-38-2)23-10-6-22(7-11-23)19-32-40(36,37)27-17-24(30)16-25(31)18-27/h3-4,6-13,16-18,28,32-33H,1,5,14-15,19H2,2H3,(H,34,35)/b4-3+. The second kappa shape index (κ2) is 14.9. The van der Waals surface area contributed by atoms with Gasteiger partial charge in [-0.2, -0.15) is 0 Å². The van der Waals surface area contributed by atoms with E-state index in [4.69, 9.17) is 32.7 Å². The molecular weight excluding hydrogens is 575 g/mol. The molecule has 0 aliphatic carbocycles. The van der Waals surface area contributed by atoms with Gasteiger partial charge in [0, 0.05) is 29.4 Å². The van der Waals surface area contributed by atoms with Crippen LogP contribution in [0.25, 0.3) is 11.8 Å². The number of sulfonamides is 1. The van der Waals surface area contributed by atoms with Gasteiger partial charge in [0.2, 0.25) is 10.0 Å². The quantitative estimate of drug-likeness (QED) is 0.193. The Labute approximate surface area is 244 Å². The van der Waals surface area contributed by atoms with Crippen LogP contribution in [0.1, 0.15) is 23.1 Å². The number of rotatable bonds is 15. The fourth-order valence-corrected chi connectivity index (χ4v) is 5.29. The molecule has 212 valence electrons. The number of ether oxygens (including phenoxy) is 2. The molecule has 8 nitrogen and oxygen atoms in total. The van der Waals surface area contributed by atoms with E-state index in [0.29, 0.717) is 30.0 Å². The molecule has 40 heavy (non-hydrogen) atoms. The number of carboxylic acids is 1. The van der Waals surface area contributed by atoms with E-state index in [2.05, 4.69) is 16.6 Å². The molecule has 1 unspecified atom stereocenters. The Bertz CT molecular complexity index is 1420. The summed E-state index contributed by atoms with van der Waals surface area (Å²) in [6, 6.07) is 17.6. The van der Waals surface area contributed by atoms with Gasteiger partial charge >= 0.3 is 5.97 Å². The second-order valence-corrected chi connectivity index (χ2v) is 11.3. The maximum absolute atomic E-state index is 12.6. The first-order chi connectivity index (χ1) is 19.1. The molecule has 0 saturated carbocycles. The monoisotopic (exact) mass is 604 g/mol. The van der Waals surface area contributed by atoms with Crippen LogP contribution in [0.4, 0.5) is 0 Å². The summed E-state index contributed by atoms with van der Waals surface area (Å²) >= 11 is 11.8. The summed E-state index contributed by atoms with van der Waals surface area (Å²) < 4.78 is 38.2. The van der Waals surface area contributed by atoms with E-state index in [0.717, 1.165) is 11.3 Å². The Hall–Kier alpha value is -3.34. The van der Waals surface area contributed by atoms with E-state index in [1.54, 1.807) is 37.5 Å². The molecule has 0 aliphatic rings. The van der Waals surface area contributed by atoms with E-state index in [-0.39, 0.29) is 27.9 Å². The van der Waals surface area contributed by atoms with Crippen molar-refractivity contribution in [1.29, 1.82) is 0 Å². The molecular formula is C29H30Cl2N2O6S. The zero-order valence-corrected chi connectivity index (χ0v) is 24.1. The van der Waals surface area contributed by atoms with E-state index in [1.807, 2.05) is 30.3 Å². The lowest BCUT2D eigenvalue weighted by molar-refractivity contribution is -0.139. The number of hydrogen-bond donors (Lipinski definition) is 3. The lowest BCUT2D eigenvalue weighted by atomic mass is 10.1. The molecule has 1 atom stereocenters. The van der Waals surface area contributed by atoms with Crippen molar-refractivity contribution >= 4 is 51.0 Å². The van der Waals surface area contributed by atoms with Gasteiger partial charge in [-0.1, -0.05) is 78.3 Å². The van der Waals surface area contributed by atoms with Crippen molar-refractivity contribution in [1.82, 2.24) is 10.0 Å². The highest BCUT2D eigenvalue weighted by Gasteiger charge is 2.17. The van der Waals surface area contributed by atoms with E-state index < -0.39 is 22.0 Å². The van der Waals surface area contributed by atoms with Crippen molar-refractivity contribution < 1.29 is 27.8 Å². The fraction of sp³-hybridized carbons (Fsp3) is 0.207. The highest BCUT2D eigenvalue weighted by molar-refractivity contribution is 7.89. The minimum Gasteiger partial charge on any atom is -0.491 e. The Morgan fingerprint density at radius 2 is 1.68 bits per heavy atom. The van der Waals surface area contributed by atoms with Gasteiger partial charge in [0.25, 0.3) is 0 Å². The third-order valence-electron chi connectivity index (χ3n) is 5.68. The maximum atomic E-state index is 12.6. The molecule has 0 bridgehead atoms. The summed E-state index contributed by atoms with van der Waals surface area (Å²) in [6.45, 7) is 4.97. The highest BCUT2D eigenvalue weighted by Crippen LogP contribution is 2.22. The van der Waals surface area contributed by atoms with Crippen LogP contribution in [0, 0.1) is 0 Å². The molecule has 0 radical (unpaired) electrons. The number of nitrogens with one attached hydrogen (secondary N) is 2. The Kier molecular flexibility index (Phi) is 11.6. The van der Waals surface area contributed by atoms with Crippen molar-refractivity contribution in [2.24, 2.45) is 0 Å². The van der Waals surface area contributed by atoms with Crippen molar-refractivity contribution in [3.8, 4) is 5.75 Å². The van der Waals surface area contributed by atoms with Crippen molar-refractivity contribution in [3.63, 3.8) is 0 Å². The molecule has 0 saturated heterocycles. The summed E-state index contributed by atoms with van der Waals surface area (Å²) in [5.41, 5.74) is 2.71. The van der Waals surface area contributed by atoms with E-state index in [1.165, 1.54) is 18.2 Å². The van der Waals surface area contributed by atoms with Crippen molar-refractivity contribution in [2.45, 2.75) is 23.9 Å². The average molecular weight is 606 g/mol. The van der Waals surface area contributed by atoms with E-state index in [9.17, 15) is 18.3 Å². The van der Waals surface area contributed by atoms with Gasteiger partial charge in [0.05, 0.1) is 11.5 Å². The largest absolute Gasteiger partial charge is 0.491 e. The summed E-state index contributed by atoms with van der Waals surface area (Å²) in [7, 11) is -2.21. The van der Waals surface area contributed by atoms with Crippen LogP contribution >= 0.6 is 23.2 Å². The number of aliphatic carboxylic acids is 1. The zero-order valence-electron chi connectivity index (χ0n) is 21.8. The molecule has 0 heterocycles. The van der Waals surface area contributed by atoms with Crippen LogP contribution in [0.15, 0.2) is 84.3 Å². The van der Waals surface area contributed by atoms with Gasteiger partial charge < -0.3 is 19.9 Å². The first-order valence-corrected chi connectivity index (χ1v) is 14.4. The average Bonchev–Trinajstić information content (AvgIpc) is 2.92. The van der Waals surface area contributed by atoms with Gasteiger partial charge in [-0.05, 0) is 53.4 Å². The minimum absolute atomic E-state index is 0.0306. The summed E-state index contributed by atoms with van der Waals surface area (Å²) in [5, 5.41) is 13.1. The fourth-order valence-electron chi connectivity index (χ4n) is 3.54. The van der Waals surface area contributed by atoms with Crippen LogP contribution < -0.4 is 14.8 Å². The summed E-state index contributed by atoms with van der Waals surface area (Å²) in [6.07, 6.45) is 3.85. The van der Waals surface area contributed by atoms with Crippen LogP contribution in [0.5, 0.6) is 5.75 Å². The highest BCUT2D eigenvalue weighted by atomic mass is 35.5. The third-order valence-corrected chi connectivity index (χ3v) is 7.50. The predicted octanol–water partition coefficient (Wildman–Crippen LogP) is 5.61. The Morgan fingerprint density at radius 1 is 1.02 bits per heavy atom. The molecule has 3 N–H and O–H groups in total. The number of benzene rings is 3. The second-order valence-electron chi connectivity index (χ2n) is 8.69. The zero-order chi connectivity index (χ0) is 29.1. The number of methoxy groups -OCH3 is 1. The lowest BCUT2D eigenvalue weighted by Crippen LogP contribution is -2.34. The van der Waals surface area contributed by atoms with Gasteiger partial charge in [-0.15, -0.1) is 0 Å². The third kappa shape index (κ3) is 9.69. The normalized spacial score (nSPS) is 12.3. The van der Waals surface area contributed by atoms with Gasteiger partial charge in [0.15, 0.2) is 0 Å². The smallest absolute Gasteiger partial charge is 0.326 e. The molecule has 3 aromatic carbocycles. The number of hydrogen-bond acceptors (Lipinski definition) is 6. The van der Waals surface area contributed by atoms with Crippen molar-refractivity contribution in [3.05, 3.63) is 106 Å². The Balaban J connectivity index is 1.54. The Morgan fingerprint density at radius 3 is 2.27 bits per heavy atom. The van der Waals surface area contributed by atoms with E-state index >= 15 is 0 Å². The SMILES string of the molecule is C=C(NC(C/C=C/c1ccc(OCCOC)cc1)C(=O)O)c1ccc(CNS(=O)(=O)c2cc(Cl)cc(Cl)c2)cc1. The van der Waals surface area contributed by atoms with Crippen molar-refractivity contribution in [2.75, 3.05) is 20.3 Å². The first kappa shape index (κ1) is 31.2. The molecule has 0 fully saturated rings. The molecule has 0 aromatic heterocycles. The van der Waals surface area contributed by atoms with Gasteiger partial charge in [-0.25, -0.2) is 17.9 Å². The van der Waals surface area contributed by atoms with Crippen LogP contribution in [-0.4, -0.2) is 45.9 Å². The molecule has 11 heteroatoms.